The van der Waals surface area contributed by atoms with E-state index < -0.39 is 5.97 Å². The Balaban J connectivity index is 2.06. The summed E-state index contributed by atoms with van der Waals surface area (Å²) in [7, 11) is 0. The van der Waals surface area contributed by atoms with Gasteiger partial charge in [0.05, 0.1) is 19.6 Å². The molecule has 0 aromatic heterocycles. The Kier molecular flexibility index (Phi) is 16.4. The molecule has 0 unspecified atom stereocenters. The predicted molar refractivity (Wildman–Crippen MR) is 125 cm³/mol. The van der Waals surface area contributed by atoms with Gasteiger partial charge in [-0.3, -0.25) is 14.3 Å². The van der Waals surface area contributed by atoms with Crippen molar-refractivity contribution in [2.24, 2.45) is 0 Å². The van der Waals surface area contributed by atoms with Crippen molar-refractivity contribution in [1.82, 2.24) is 4.90 Å². The van der Waals surface area contributed by atoms with Crippen molar-refractivity contribution in [3.8, 4) is 0 Å². The van der Waals surface area contributed by atoms with Gasteiger partial charge in [0.2, 0.25) is 5.84 Å². The first-order chi connectivity index (χ1) is 14.7. The van der Waals surface area contributed by atoms with Crippen LogP contribution in [0.4, 0.5) is 0 Å². The molecule has 0 saturated heterocycles. The van der Waals surface area contributed by atoms with Gasteiger partial charge < -0.3 is 10.2 Å². The number of hydrogen-bond donors (Lipinski definition) is 2. The Morgan fingerprint density at radius 2 is 1.57 bits per heavy atom. The maximum Gasteiger partial charge on any atom is 0.307 e. The lowest BCUT2D eigenvalue weighted by atomic mass is 10.1. The highest BCUT2D eigenvalue weighted by Crippen LogP contribution is 2.13. The van der Waals surface area contributed by atoms with Crippen LogP contribution in [0.5, 0.6) is 0 Å². The molecule has 1 heterocycles. The predicted octanol–water partition coefficient (Wildman–Crippen LogP) is 5.22. The van der Waals surface area contributed by atoms with E-state index in [0.29, 0.717) is 13.1 Å². The fourth-order valence-electron chi connectivity index (χ4n) is 4.20. The topological polar surface area (TPSA) is 63.8 Å². The van der Waals surface area contributed by atoms with E-state index in [0.717, 1.165) is 25.9 Å². The number of aliphatic carboxylic acids is 1. The van der Waals surface area contributed by atoms with E-state index in [1.807, 2.05) is 0 Å². The van der Waals surface area contributed by atoms with Gasteiger partial charge in [0.25, 0.3) is 0 Å². The number of rotatable bonds is 20. The van der Waals surface area contributed by atoms with Crippen LogP contribution >= 0.6 is 0 Å². The first-order valence-electron chi connectivity index (χ1n) is 12.5. The molecule has 2 N–H and O–H groups in total. The number of β-amino-alcohol motifs (C(OH)–C–C–N with tert-alkyl or cyclic N) is 1. The number of unbranched alkanes of at least 4 members (excludes halogenated alkanes) is 11. The first kappa shape index (κ1) is 26.7. The van der Waals surface area contributed by atoms with Gasteiger partial charge in [-0.2, -0.15) is 0 Å². The lowest BCUT2D eigenvalue weighted by molar-refractivity contribution is -0.521. The second kappa shape index (κ2) is 18.4. The number of hydrogen-bond acceptors (Lipinski definition) is 3. The highest BCUT2D eigenvalue weighted by Gasteiger charge is 2.29. The van der Waals surface area contributed by atoms with E-state index in [9.17, 15) is 9.90 Å². The molecule has 1 aliphatic heterocycles. The molecule has 0 saturated carbocycles. The quantitative estimate of drug-likeness (QED) is 0.160. The Bertz CT molecular complexity index is 503. The van der Waals surface area contributed by atoms with Gasteiger partial charge in [-0.25, -0.2) is 0 Å². The largest absolute Gasteiger partial charge is 0.481 e. The molecule has 0 aliphatic carbocycles. The molecule has 30 heavy (non-hydrogen) atoms. The minimum atomic E-state index is -0.740. The summed E-state index contributed by atoms with van der Waals surface area (Å²) in [6.45, 7) is 5.45. The number of carboxylic acid groups (broad SMARTS) is 1. The number of amidine groups is 1. The fraction of sp³-hybridized carbons (Fsp3) is 0.840. The summed E-state index contributed by atoms with van der Waals surface area (Å²) >= 11 is 0. The molecule has 174 valence electrons. The SMILES string of the molecule is CCCCCCCC/C=C\CCCCCCCC1=[N+](CCO)CCN1CCC(=O)O. The molecular weight excluding hydrogens is 376 g/mol. The van der Waals surface area contributed by atoms with Crippen LogP contribution in [0.3, 0.4) is 0 Å². The minimum Gasteiger partial charge on any atom is -0.481 e. The van der Waals surface area contributed by atoms with Gasteiger partial charge in [0.15, 0.2) is 0 Å². The number of carboxylic acids is 1. The minimum absolute atomic E-state index is 0.155. The summed E-state index contributed by atoms with van der Waals surface area (Å²) in [4.78, 5) is 13.1. The fourth-order valence-corrected chi connectivity index (χ4v) is 4.20. The average Bonchev–Trinajstić information content (AvgIpc) is 3.11. The third kappa shape index (κ3) is 13.0. The summed E-state index contributed by atoms with van der Waals surface area (Å²) < 4.78 is 2.23. The summed E-state index contributed by atoms with van der Waals surface area (Å²) in [5.74, 6) is 0.499. The van der Waals surface area contributed by atoms with Crippen LogP contribution in [-0.4, -0.2) is 64.3 Å². The van der Waals surface area contributed by atoms with Crippen molar-refractivity contribution in [3.05, 3.63) is 12.2 Å². The van der Waals surface area contributed by atoms with Crippen molar-refractivity contribution in [2.75, 3.05) is 32.8 Å². The van der Waals surface area contributed by atoms with Crippen LogP contribution in [-0.2, 0) is 4.79 Å². The smallest absolute Gasteiger partial charge is 0.307 e. The molecule has 0 amide bonds. The van der Waals surface area contributed by atoms with Gasteiger partial charge in [-0.05, 0) is 32.1 Å². The molecule has 0 radical (unpaired) electrons. The van der Waals surface area contributed by atoms with Gasteiger partial charge in [-0.1, -0.05) is 70.4 Å². The standard InChI is InChI=1S/C25H46N2O3/c1-2-3-4-5-6-7-8-9-10-11-12-13-14-15-16-17-24-26(19-18-25(29)30)20-21-27(24)22-23-28/h9-10,28H,2-8,11-23H2,1H3/p+1/b10-9-. The Hall–Kier alpha value is -1.36. The molecule has 0 atom stereocenters. The third-order valence-corrected chi connectivity index (χ3v) is 6.00. The summed E-state index contributed by atoms with van der Waals surface area (Å²) in [6, 6.07) is 0. The zero-order chi connectivity index (χ0) is 21.9. The van der Waals surface area contributed by atoms with Gasteiger partial charge in [0, 0.05) is 6.42 Å². The summed E-state index contributed by atoms with van der Waals surface area (Å²) in [6.07, 6.45) is 22.8. The molecule has 5 nitrogen and oxygen atoms in total. The van der Waals surface area contributed by atoms with Gasteiger partial charge >= 0.3 is 5.97 Å². The number of carbonyl (C=O) groups is 1. The van der Waals surface area contributed by atoms with Crippen molar-refractivity contribution in [3.63, 3.8) is 0 Å². The number of aliphatic hydroxyl groups is 1. The Morgan fingerprint density at radius 1 is 0.967 bits per heavy atom. The monoisotopic (exact) mass is 423 g/mol. The maximum absolute atomic E-state index is 10.9. The Morgan fingerprint density at radius 3 is 2.17 bits per heavy atom. The molecule has 0 bridgehead atoms. The van der Waals surface area contributed by atoms with Crippen molar-refractivity contribution in [1.29, 1.82) is 0 Å². The van der Waals surface area contributed by atoms with Crippen molar-refractivity contribution < 1.29 is 19.6 Å². The normalized spacial score (nSPS) is 14.4. The molecule has 0 aromatic carbocycles. The first-order valence-corrected chi connectivity index (χ1v) is 12.5. The number of nitrogens with zero attached hydrogens (tertiary/aromatic N) is 2. The van der Waals surface area contributed by atoms with Crippen LogP contribution in [0.25, 0.3) is 0 Å². The number of aliphatic hydroxyl groups excluding tert-OH is 1. The number of allylic oxidation sites excluding steroid dienone is 2. The van der Waals surface area contributed by atoms with E-state index in [4.69, 9.17) is 5.11 Å². The van der Waals surface area contributed by atoms with Crippen LogP contribution in [0.15, 0.2) is 12.2 Å². The zero-order valence-corrected chi connectivity index (χ0v) is 19.5. The van der Waals surface area contributed by atoms with E-state index in [2.05, 4.69) is 28.6 Å². The van der Waals surface area contributed by atoms with E-state index in [1.54, 1.807) is 0 Å². The molecule has 1 rings (SSSR count). The highest BCUT2D eigenvalue weighted by atomic mass is 16.4. The van der Waals surface area contributed by atoms with Crippen LogP contribution in [0, 0.1) is 0 Å². The molecule has 0 fully saturated rings. The maximum atomic E-state index is 10.9. The van der Waals surface area contributed by atoms with E-state index in [-0.39, 0.29) is 13.0 Å². The molecule has 0 spiro atoms. The molecule has 5 heteroatoms. The second-order valence-corrected chi connectivity index (χ2v) is 8.59. The van der Waals surface area contributed by atoms with E-state index in [1.165, 1.54) is 82.9 Å². The lowest BCUT2D eigenvalue weighted by Crippen LogP contribution is -2.32. The van der Waals surface area contributed by atoms with Crippen molar-refractivity contribution in [2.45, 2.75) is 103 Å². The van der Waals surface area contributed by atoms with Crippen LogP contribution in [0.1, 0.15) is 103 Å². The second-order valence-electron chi connectivity index (χ2n) is 8.59. The average molecular weight is 424 g/mol. The summed E-state index contributed by atoms with van der Waals surface area (Å²) in [5.41, 5.74) is 0. The summed E-state index contributed by atoms with van der Waals surface area (Å²) in [5, 5.41) is 18.2. The molecular formula is C25H47N2O3+. The van der Waals surface area contributed by atoms with Gasteiger partial charge in [-0.15, -0.1) is 0 Å². The lowest BCUT2D eigenvalue weighted by Gasteiger charge is -2.12. The van der Waals surface area contributed by atoms with Crippen LogP contribution in [0.2, 0.25) is 0 Å². The third-order valence-electron chi connectivity index (χ3n) is 6.00. The van der Waals surface area contributed by atoms with Crippen molar-refractivity contribution >= 4 is 11.8 Å². The Labute approximate surface area is 184 Å². The van der Waals surface area contributed by atoms with Gasteiger partial charge in [0.1, 0.15) is 19.6 Å². The zero-order valence-electron chi connectivity index (χ0n) is 19.5. The molecule has 0 aromatic rings. The highest BCUT2D eigenvalue weighted by molar-refractivity contribution is 5.79. The molecule has 1 aliphatic rings. The van der Waals surface area contributed by atoms with E-state index >= 15 is 0 Å². The van der Waals surface area contributed by atoms with Crippen LogP contribution < -0.4 is 0 Å².